The van der Waals surface area contributed by atoms with Gasteiger partial charge in [-0.2, -0.15) is 0 Å². The third-order valence-corrected chi connectivity index (χ3v) is 3.16. The van der Waals surface area contributed by atoms with E-state index in [1.165, 1.54) is 6.42 Å². The van der Waals surface area contributed by atoms with Gasteiger partial charge >= 0.3 is 0 Å². The molecule has 1 aliphatic rings. The molecule has 2 unspecified atom stereocenters. The molecule has 0 aliphatic heterocycles. The molecule has 1 rings (SSSR count). The summed E-state index contributed by atoms with van der Waals surface area (Å²) in [5, 5.41) is 0. The quantitative estimate of drug-likeness (QED) is 0.543. The molecule has 0 amide bonds. The zero-order valence-corrected chi connectivity index (χ0v) is 8.68. The molecule has 0 heterocycles. The van der Waals surface area contributed by atoms with Crippen LogP contribution in [0.5, 0.6) is 0 Å². The van der Waals surface area contributed by atoms with Crippen molar-refractivity contribution in [3.63, 3.8) is 0 Å². The molecule has 1 saturated carbocycles. The predicted molar refractivity (Wildman–Crippen MR) is 51.0 cm³/mol. The molecule has 2 atom stereocenters. The van der Waals surface area contributed by atoms with E-state index in [1.54, 1.807) is 0 Å². The van der Waals surface area contributed by atoms with Gasteiger partial charge in [-0.3, -0.25) is 4.79 Å². The smallest absolute Gasteiger partial charge is 0.135 e. The van der Waals surface area contributed by atoms with E-state index < -0.39 is 0 Å². The Morgan fingerprint density at radius 1 is 1.33 bits per heavy atom. The maximum Gasteiger partial charge on any atom is 0.135 e. The van der Waals surface area contributed by atoms with E-state index in [9.17, 15) is 4.79 Å². The Morgan fingerprint density at radius 2 is 1.92 bits per heavy atom. The summed E-state index contributed by atoms with van der Waals surface area (Å²) in [7, 11) is 0. The van der Waals surface area contributed by atoms with Crippen LogP contribution in [0.1, 0.15) is 47.0 Å². The average molecular weight is 168 g/mol. The molecule has 0 radical (unpaired) electrons. The van der Waals surface area contributed by atoms with Crippen LogP contribution in [-0.4, -0.2) is 5.78 Å². The van der Waals surface area contributed by atoms with Gasteiger partial charge in [0.15, 0.2) is 0 Å². The third kappa shape index (κ3) is 1.88. The summed E-state index contributed by atoms with van der Waals surface area (Å²) < 4.78 is 0. The lowest BCUT2D eigenvalue weighted by atomic mass is 9.67. The summed E-state index contributed by atoms with van der Waals surface area (Å²) in [6.45, 7) is 8.82. The number of carbonyl (C=O) groups is 1. The number of Topliss-reactive ketones (excluding diaryl/α,β-unsaturated/α-hetero) is 1. The van der Waals surface area contributed by atoms with Crippen LogP contribution < -0.4 is 0 Å². The van der Waals surface area contributed by atoms with Crippen molar-refractivity contribution < 1.29 is 4.79 Å². The van der Waals surface area contributed by atoms with Gasteiger partial charge in [0.05, 0.1) is 0 Å². The van der Waals surface area contributed by atoms with Crippen LogP contribution in [-0.2, 0) is 4.79 Å². The average Bonchev–Trinajstić information content (AvgIpc) is 1.92. The first kappa shape index (κ1) is 9.76. The highest BCUT2D eigenvalue weighted by molar-refractivity contribution is 5.81. The lowest BCUT2D eigenvalue weighted by Crippen LogP contribution is -2.34. The maximum absolute atomic E-state index is 11.5. The fourth-order valence-electron chi connectivity index (χ4n) is 2.38. The number of hydrogen-bond donors (Lipinski definition) is 0. The summed E-state index contributed by atoms with van der Waals surface area (Å²) in [4.78, 5) is 11.5. The van der Waals surface area contributed by atoms with E-state index in [0.717, 1.165) is 12.8 Å². The van der Waals surface area contributed by atoms with E-state index in [1.807, 2.05) is 0 Å². The van der Waals surface area contributed by atoms with Crippen LogP contribution in [0.15, 0.2) is 0 Å². The molecular formula is C11H20O. The first-order valence-electron chi connectivity index (χ1n) is 4.95. The van der Waals surface area contributed by atoms with Crippen molar-refractivity contribution in [3.8, 4) is 0 Å². The standard InChI is InChI=1S/C11H20O/c1-8-9(11(2,3)4)6-5-7-10(8)12/h8-9H,5-7H2,1-4H3. The van der Waals surface area contributed by atoms with Gasteiger partial charge in [-0.25, -0.2) is 0 Å². The zero-order valence-electron chi connectivity index (χ0n) is 8.68. The Kier molecular flexibility index (Phi) is 2.60. The Labute approximate surface area is 75.5 Å². The summed E-state index contributed by atoms with van der Waals surface area (Å²) in [5.41, 5.74) is 0.301. The van der Waals surface area contributed by atoms with Gasteiger partial charge in [0.25, 0.3) is 0 Å². The van der Waals surface area contributed by atoms with E-state index >= 15 is 0 Å². The van der Waals surface area contributed by atoms with Gasteiger partial charge in [0.2, 0.25) is 0 Å². The van der Waals surface area contributed by atoms with Crippen LogP contribution in [0, 0.1) is 17.3 Å². The minimum absolute atomic E-state index is 0.291. The molecule has 0 aromatic carbocycles. The van der Waals surface area contributed by atoms with E-state index in [0.29, 0.717) is 23.0 Å². The molecule has 1 aliphatic carbocycles. The highest BCUT2D eigenvalue weighted by Gasteiger charge is 2.35. The van der Waals surface area contributed by atoms with Crippen molar-refractivity contribution in [1.29, 1.82) is 0 Å². The lowest BCUT2D eigenvalue weighted by Gasteiger charge is -2.37. The fraction of sp³-hybridized carbons (Fsp3) is 0.909. The summed E-state index contributed by atoms with van der Waals surface area (Å²) in [6, 6.07) is 0. The van der Waals surface area contributed by atoms with Gasteiger partial charge in [-0.05, 0) is 24.2 Å². The van der Waals surface area contributed by atoms with Crippen LogP contribution in [0.2, 0.25) is 0 Å². The largest absolute Gasteiger partial charge is 0.299 e. The third-order valence-electron chi connectivity index (χ3n) is 3.16. The first-order chi connectivity index (χ1) is 5.43. The molecule has 0 bridgehead atoms. The predicted octanol–water partition coefficient (Wildman–Crippen LogP) is 3.04. The Morgan fingerprint density at radius 3 is 2.33 bits per heavy atom. The Hall–Kier alpha value is -0.330. The first-order valence-corrected chi connectivity index (χ1v) is 4.95. The Bertz CT molecular complexity index is 176. The highest BCUT2D eigenvalue weighted by Crippen LogP contribution is 2.39. The highest BCUT2D eigenvalue weighted by atomic mass is 16.1. The van der Waals surface area contributed by atoms with Gasteiger partial charge in [0, 0.05) is 12.3 Å². The van der Waals surface area contributed by atoms with E-state index in [4.69, 9.17) is 0 Å². The molecule has 0 spiro atoms. The molecule has 1 fully saturated rings. The molecule has 0 saturated heterocycles. The van der Waals surface area contributed by atoms with Crippen molar-refractivity contribution in [2.24, 2.45) is 17.3 Å². The minimum Gasteiger partial charge on any atom is -0.299 e. The Balaban J connectivity index is 2.70. The minimum atomic E-state index is 0.291. The van der Waals surface area contributed by atoms with E-state index in [2.05, 4.69) is 27.7 Å². The van der Waals surface area contributed by atoms with Gasteiger partial charge in [0.1, 0.15) is 5.78 Å². The number of carbonyl (C=O) groups excluding carboxylic acids is 1. The molecule has 0 aromatic heterocycles. The second-order valence-electron chi connectivity index (χ2n) is 5.12. The topological polar surface area (TPSA) is 17.1 Å². The van der Waals surface area contributed by atoms with E-state index in [-0.39, 0.29) is 0 Å². The second-order valence-corrected chi connectivity index (χ2v) is 5.12. The van der Waals surface area contributed by atoms with Crippen LogP contribution in [0.25, 0.3) is 0 Å². The summed E-state index contributed by atoms with van der Waals surface area (Å²) in [6.07, 6.45) is 3.15. The molecule has 1 nitrogen and oxygen atoms in total. The molecular weight excluding hydrogens is 148 g/mol. The molecule has 70 valence electrons. The molecule has 0 aromatic rings. The fourth-order valence-corrected chi connectivity index (χ4v) is 2.38. The van der Waals surface area contributed by atoms with Crippen LogP contribution in [0.4, 0.5) is 0 Å². The summed E-state index contributed by atoms with van der Waals surface area (Å²) in [5.74, 6) is 1.36. The van der Waals surface area contributed by atoms with Crippen molar-refractivity contribution in [3.05, 3.63) is 0 Å². The lowest BCUT2D eigenvalue weighted by molar-refractivity contribution is -0.128. The van der Waals surface area contributed by atoms with Gasteiger partial charge in [-0.1, -0.05) is 27.7 Å². The van der Waals surface area contributed by atoms with Crippen molar-refractivity contribution in [2.45, 2.75) is 47.0 Å². The molecule has 0 N–H and O–H groups in total. The SMILES string of the molecule is CC1C(=O)CCCC1C(C)(C)C. The van der Waals surface area contributed by atoms with Crippen LogP contribution in [0.3, 0.4) is 0 Å². The monoisotopic (exact) mass is 168 g/mol. The number of hydrogen-bond acceptors (Lipinski definition) is 1. The molecule has 1 heteroatoms. The van der Waals surface area contributed by atoms with Gasteiger partial charge < -0.3 is 0 Å². The molecule has 12 heavy (non-hydrogen) atoms. The zero-order chi connectivity index (χ0) is 9.35. The maximum atomic E-state index is 11.5. The summed E-state index contributed by atoms with van der Waals surface area (Å²) >= 11 is 0. The van der Waals surface area contributed by atoms with Crippen LogP contribution >= 0.6 is 0 Å². The normalized spacial score (nSPS) is 32.2. The number of ketones is 1. The second kappa shape index (κ2) is 3.20. The van der Waals surface area contributed by atoms with Gasteiger partial charge in [-0.15, -0.1) is 0 Å². The van der Waals surface area contributed by atoms with Crippen molar-refractivity contribution in [2.75, 3.05) is 0 Å². The number of rotatable bonds is 0. The van der Waals surface area contributed by atoms with Crippen molar-refractivity contribution in [1.82, 2.24) is 0 Å². The van der Waals surface area contributed by atoms with Crippen molar-refractivity contribution >= 4 is 5.78 Å².